The summed E-state index contributed by atoms with van der Waals surface area (Å²) in [6, 6.07) is 0. The summed E-state index contributed by atoms with van der Waals surface area (Å²) in [5.41, 5.74) is 6.33. The molecule has 0 spiro atoms. The van der Waals surface area contributed by atoms with Gasteiger partial charge in [-0.3, -0.25) is 4.90 Å². The van der Waals surface area contributed by atoms with E-state index >= 15 is 0 Å². The van der Waals surface area contributed by atoms with Crippen LogP contribution in [0.3, 0.4) is 0 Å². The second kappa shape index (κ2) is 6.55. The molecule has 3 nitrogen and oxygen atoms in total. The van der Waals surface area contributed by atoms with Gasteiger partial charge in [-0.25, -0.2) is 0 Å². The molecule has 1 saturated heterocycles. The van der Waals surface area contributed by atoms with Crippen molar-refractivity contribution in [3.8, 4) is 0 Å². The molecule has 2 unspecified atom stereocenters. The molecular weight excluding hydrogens is 236 g/mol. The molecule has 0 radical (unpaired) electrons. The van der Waals surface area contributed by atoms with Crippen molar-refractivity contribution in [1.29, 1.82) is 0 Å². The van der Waals surface area contributed by atoms with E-state index in [-0.39, 0.29) is 5.54 Å². The molecule has 2 atom stereocenters. The fourth-order valence-corrected chi connectivity index (χ4v) is 4.26. The van der Waals surface area contributed by atoms with Crippen molar-refractivity contribution in [3.05, 3.63) is 0 Å². The smallest absolute Gasteiger partial charge is 0.0767 e. The number of nitrogens with zero attached hydrogens (tertiary/aromatic N) is 1. The maximum Gasteiger partial charge on any atom is 0.0767 e. The maximum atomic E-state index is 6.21. The highest BCUT2D eigenvalue weighted by Gasteiger charge is 2.45. The molecular formula is C16H32N2O. The molecule has 2 aliphatic rings. The van der Waals surface area contributed by atoms with Gasteiger partial charge in [-0.1, -0.05) is 26.7 Å². The molecule has 1 aliphatic carbocycles. The predicted octanol–water partition coefficient (Wildman–Crippen LogP) is 2.64. The Kier molecular flexibility index (Phi) is 5.27. The molecule has 1 heterocycles. The molecule has 3 heteroatoms. The predicted molar refractivity (Wildman–Crippen MR) is 80.2 cm³/mol. The van der Waals surface area contributed by atoms with Crippen molar-refractivity contribution in [2.75, 3.05) is 26.7 Å². The number of likely N-dealkylation sites (tertiary alicyclic amines) is 1. The number of piperidine rings is 1. The molecule has 0 amide bonds. The van der Waals surface area contributed by atoms with E-state index in [0.29, 0.717) is 6.10 Å². The van der Waals surface area contributed by atoms with Crippen molar-refractivity contribution < 1.29 is 4.74 Å². The van der Waals surface area contributed by atoms with Crippen LogP contribution >= 0.6 is 0 Å². The molecule has 19 heavy (non-hydrogen) atoms. The second-order valence-corrected chi connectivity index (χ2v) is 6.85. The highest BCUT2D eigenvalue weighted by atomic mass is 16.5. The van der Waals surface area contributed by atoms with Crippen LogP contribution in [-0.4, -0.2) is 43.3 Å². The van der Waals surface area contributed by atoms with Crippen LogP contribution in [0.15, 0.2) is 0 Å². The Morgan fingerprint density at radius 1 is 1.21 bits per heavy atom. The standard InChI is InChI=1S/C16H32N2O/c1-13(2)14-7-10-18(11-8-14)16(12-17)9-5-4-6-15(16)19-3/h13-15H,4-12,17H2,1-3H3. The Hall–Kier alpha value is -0.120. The van der Waals surface area contributed by atoms with Crippen molar-refractivity contribution in [3.63, 3.8) is 0 Å². The summed E-state index contributed by atoms with van der Waals surface area (Å²) in [4.78, 5) is 2.67. The van der Waals surface area contributed by atoms with E-state index in [1.54, 1.807) is 0 Å². The molecule has 0 bridgehead atoms. The zero-order chi connectivity index (χ0) is 13.9. The highest BCUT2D eigenvalue weighted by Crippen LogP contribution is 2.38. The molecule has 1 aliphatic heterocycles. The zero-order valence-corrected chi connectivity index (χ0v) is 13.0. The van der Waals surface area contributed by atoms with E-state index in [1.807, 2.05) is 7.11 Å². The zero-order valence-electron chi connectivity index (χ0n) is 13.0. The monoisotopic (exact) mass is 268 g/mol. The summed E-state index contributed by atoms with van der Waals surface area (Å²) in [6.45, 7) is 7.88. The lowest BCUT2D eigenvalue weighted by molar-refractivity contribution is -0.0871. The molecule has 1 saturated carbocycles. The lowest BCUT2D eigenvalue weighted by atomic mass is 9.75. The van der Waals surface area contributed by atoms with Gasteiger partial charge >= 0.3 is 0 Å². The third-order valence-corrected chi connectivity index (χ3v) is 5.68. The number of rotatable bonds is 4. The number of ether oxygens (including phenoxy) is 1. The van der Waals surface area contributed by atoms with Gasteiger partial charge in [-0.2, -0.15) is 0 Å². The van der Waals surface area contributed by atoms with Gasteiger partial charge < -0.3 is 10.5 Å². The van der Waals surface area contributed by atoms with Gasteiger partial charge in [0.15, 0.2) is 0 Å². The summed E-state index contributed by atoms with van der Waals surface area (Å²) in [7, 11) is 1.86. The topological polar surface area (TPSA) is 38.5 Å². The molecule has 2 fully saturated rings. The van der Waals surface area contributed by atoms with E-state index < -0.39 is 0 Å². The molecule has 0 aromatic heterocycles. The Labute approximate surface area is 118 Å². The van der Waals surface area contributed by atoms with Crippen LogP contribution in [0.5, 0.6) is 0 Å². The molecule has 112 valence electrons. The van der Waals surface area contributed by atoms with Crippen molar-refractivity contribution >= 4 is 0 Å². The van der Waals surface area contributed by atoms with Gasteiger partial charge in [0.05, 0.1) is 11.6 Å². The minimum absolute atomic E-state index is 0.120. The fraction of sp³-hybridized carbons (Fsp3) is 1.00. The lowest BCUT2D eigenvalue weighted by Crippen LogP contribution is -2.64. The second-order valence-electron chi connectivity index (χ2n) is 6.85. The Morgan fingerprint density at radius 3 is 2.42 bits per heavy atom. The van der Waals surface area contributed by atoms with Crippen LogP contribution in [0.2, 0.25) is 0 Å². The summed E-state index contributed by atoms with van der Waals surface area (Å²) in [6.07, 6.45) is 7.99. The summed E-state index contributed by atoms with van der Waals surface area (Å²) < 4.78 is 5.80. The van der Waals surface area contributed by atoms with E-state index in [2.05, 4.69) is 18.7 Å². The van der Waals surface area contributed by atoms with Gasteiger partial charge in [-0.05, 0) is 50.6 Å². The summed E-state index contributed by atoms with van der Waals surface area (Å²) >= 11 is 0. The summed E-state index contributed by atoms with van der Waals surface area (Å²) in [5.74, 6) is 1.72. The Bertz CT molecular complexity index is 274. The summed E-state index contributed by atoms with van der Waals surface area (Å²) in [5, 5.41) is 0. The molecule has 0 aromatic carbocycles. The number of nitrogens with two attached hydrogens (primary N) is 1. The van der Waals surface area contributed by atoms with Gasteiger partial charge in [0, 0.05) is 13.7 Å². The highest BCUT2D eigenvalue weighted by molar-refractivity contribution is 5.02. The van der Waals surface area contributed by atoms with Gasteiger partial charge in [0.25, 0.3) is 0 Å². The first-order valence-electron chi connectivity index (χ1n) is 8.12. The van der Waals surface area contributed by atoms with Crippen LogP contribution in [0.25, 0.3) is 0 Å². The first-order valence-corrected chi connectivity index (χ1v) is 8.12. The van der Waals surface area contributed by atoms with Crippen LogP contribution in [0.4, 0.5) is 0 Å². The van der Waals surface area contributed by atoms with E-state index in [9.17, 15) is 0 Å². The Balaban J connectivity index is 2.05. The largest absolute Gasteiger partial charge is 0.379 e. The number of methoxy groups -OCH3 is 1. The minimum atomic E-state index is 0.120. The molecule has 2 N–H and O–H groups in total. The minimum Gasteiger partial charge on any atom is -0.379 e. The van der Waals surface area contributed by atoms with Crippen LogP contribution in [0.1, 0.15) is 52.4 Å². The van der Waals surface area contributed by atoms with Crippen molar-refractivity contribution in [2.24, 2.45) is 17.6 Å². The van der Waals surface area contributed by atoms with Crippen LogP contribution in [0, 0.1) is 11.8 Å². The quantitative estimate of drug-likeness (QED) is 0.852. The lowest BCUT2D eigenvalue weighted by Gasteiger charge is -2.52. The number of hydrogen-bond acceptors (Lipinski definition) is 3. The van der Waals surface area contributed by atoms with E-state index in [1.165, 1.54) is 51.6 Å². The molecule has 2 rings (SSSR count). The molecule has 0 aromatic rings. The van der Waals surface area contributed by atoms with E-state index in [0.717, 1.165) is 18.4 Å². The van der Waals surface area contributed by atoms with Crippen molar-refractivity contribution in [1.82, 2.24) is 4.90 Å². The van der Waals surface area contributed by atoms with Gasteiger partial charge in [-0.15, -0.1) is 0 Å². The van der Waals surface area contributed by atoms with Crippen LogP contribution in [-0.2, 0) is 4.74 Å². The van der Waals surface area contributed by atoms with Crippen LogP contribution < -0.4 is 5.73 Å². The van der Waals surface area contributed by atoms with Gasteiger partial charge in [0.1, 0.15) is 0 Å². The SMILES string of the molecule is COC1CCCCC1(CN)N1CCC(C(C)C)CC1. The number of hydrogen-bond donors (Lipinski definition) is 1. The third kappa shape index (κ3) is 2.98. The average Bonchev–Trinajstić information content (AvgIpc) is 2.47. The first kappa shape index (κ1) is 15.3. The first-order chi connectivity index (χ1) is 9.14. The fourth-order valence-electron chi connectivity index (χ4n) is 4.26. The van der Waals surface area contributed by atoms with E-state index in [4.69, 9.17) is 10.5 Å². The normalized spacial score (nSPS) is 34.9. The third-order valence-electron chi connectivity index (χ3n) is 5.68. The Morgan fingerprint density at radius 2 is 1.89 bits per heavy atom. The van der Waals surface area contributed by atoms with Crippen molar-refractivity contribution in [2.45, 2.75) is 64.0 Å². The van der Waals surface area contributed by atoms with Gasteiger partial charge in [0.2, 0.25) is 0 Å². The maximum absolute atomic E-state index is 6.21. The average molecular weight is 268 g/mol.